The van der Waals surface area contributed by atoms with Crippen molar-refractivity contribution in [2.45, 2.75) is 19.0 Å². The van der Waals surface area contributed by atoms with Gasteiger partial charge in [-0.15, -0.1) is 9.24 Å². The van der Waals surface area contributed by atoms with E-state index in [-0.39, 0.29) is 5.16 Å². The largest absolute Gasteiger partial charge is 0.384 e. The fourth-order valence-corrected chi connectivity index (χ4v) is 0.539. The Labute approximate surface area is 47.6 Å². The Bertz CT molecular complexity index is 46.5. The van der Waals surface area contributed by atoms with Crippen LogP contribution in [0.2, 0.25) is 0 Å². The molecule has 0 heterocycles. The molecule has 44 valence electrons. The van der Waals surface area contributed by atoms with Gasteiger partial charge in [0.1, 0.15) is 0 Å². The van der Waals surface area contributed by atoms with Crippen LogP contribution in [0.15, 0.2) is 0 Å². The van der Waals surface area contributed by atoms with Crippen molar-refractivity contribution < 1.29 is 4.74 Å². The molecule has 0 radical (unpaired) electrons. The standard InChI is InChI=1S/C5H13OP/c1-5(2,7)4-6-3/h4,7H2,1-3H3. The van der Waals surface area contributed by atoms with Gasteiger partial charge in [-0.2, -0.15) is 0 Å². The first kappa shape index (κ1) is 7.39. The minimum absolute atomic E-state index is 0.245. The molecule has 7 heavy (non-hydrogen) atoms. The molecular weight excluding hydrogens is 107 g/mol. The lowest BCUT2D eigenvalue weighted by atomic mass is 10.2. The number of ether oxygens (including phenoxy) is 1. The Morgan fingerprint density at radius 3 is 2.00 bits per heavy atom. The Hall–Kier alpha value is 0.390. The molecular formula is C5H13OP. The second-order valence-corrected chi connectivity index (χ2v) is 3.98. The average Bonchev–Trinajstić information content (AvgIpc) is 1.30. The number of hydrogen-bond acceptors (Lipinski definition) is 1. The molecule has 0 bridgehead atoms. The van der Waals surface area contributed by atoms with Gasteiger partial charge in [0, 0.05) is 12.3 Å². The maximum atomic E-state index is 4.89. The summed E-state index contributed by atoms with van der Waals surface area (Å²) >= 11 is 0. The summed E-state index contributed by atoms with van der Waals surface area (Å²) in [4.78, 5) is 0. The third-order valence-electron chi connectivity index (χ3n) is 0.516. The highest BCUT2D eigenvalue weighted by Gasteiger charge is 2.07. The van der Waals surface area contributed by atoms with Gasteiger partial charge >= 0.3 is 0 Å². The van der Waals surface area contributed by atoms with Crippen LogP contribution in [0.1, 0.15) is 13.8 Å². The molecule has 1 unspecified atom stereocenters. The lowest BCUT2D eigenvalue weighted by Gasteiger charge is -2.14. The third-order valence-corrected chi connectivity index (χ3v) is 0.683. The summed E-state index contributed by atoms with van der Waals surface area (Å²) in [6.07, 6.45) is 0. The van der Waals surface area contributed by atoms with Gasteiger partial charge in [-0.1, -0.05) is 13.8 Å². The van der Waals surface area contributed by atoms with E-state index in [4.69, 9.17) is 4.74 Å². The van der Waals surface area contributed by atoms with Crippen LogP contribution >= 0.6 is 9.24 Å². The highest BCUT2D eigenvalue weighted by molar-refractivity contribution is 7.18. The van der Waals surface area contributed by atoms with E-state index in [1.807, 2.05) is 0 Å². The van der Waals surface area contributed by atoms with Crippen LogP contribution in [0.4, 0.5) is 0 Å². The van der Waals surface area contributed by atoms with E-state index < -0.39 is 0 Å². The maximum absolute atomic E-state index is 4.89. The molecule has 0 aromatic rings. The van der Waals surface area contributed by atoms with Crippen LogP contribution < -0.4 is 0 Å². The van der Waals surface area contributed by atoms with Crippen LogP contribution in [0.25, 0.3) is 0 Å². The Kier molecular flexibility index (Phi) is 2.78. The molecule has 0 amide bonds. The van der Waals surface area contributed by atoms with E-state index in [0.29, 0.717) is 0 Å². The van der Waals surface area contributed by atoms with Crippen LogP contribution in [0, 0.1) is 0 Å². The molecule has 1 atom stereocenters. The zero-order valence-corrected chi connectivity index (χ0v) is 6.35. The highest BCUT2D eigenvalue weighted by atomic mass is 31.0. The molecule has 0 aliphatic carbocycles. The lowest BCUT2D eigenvalue weighted by molar-refractivity contribution is 0.178. The Balaban J connectivity index is 3.15. The van der Waals surface area contributed by atoms with E-state index in [2.05, 4.69) is 23.1 Å². The molecule has 0 saturated carbocycles. The van der Waals surface area contributed by atoms with Gasteiger partial charge in [0.25, 0.3) is 0 Å². The number of rotatable bonds is 2. The van der Waals surface area contributed by atoms with Gasteiger partial charge in [-0.25, -0.2) is 0 Å². The first-order valence-electron chi connectivity index (χ1n) is 2.34. The summed E-state index contributed by atoms with van der Waals surface area (Å²) in [6.45, 7) is 5.03. The fraction of sp³-hybridized carbons (Fsp3) is 1.00. The second-order valence-electron chi connectivity index (χ2n) is 2.42. The molecule has 0 rings (SSSR count). The van der Waals surface area contributed by atoms with Crippen molar-refractivity contribution in [3.63, 3.8) is 0 Å². The van der Waals surface area contributed by atoms with Crippen LogP contribution in [-0.2, 0) is 4.74 Å². The minimum Gasteiger partial charge on any atom is -0.384 e. The van der Waals surface area contributed by atoms with Crippen molar-refractivity contribution >= 4 is 9.24 Å². The summed E-state index contributed by atoms with van der Waals surface area (Å²) in [5, 5.41) is 0.245. The zero-order valence-electron chi connectivity index (χ0n) is 5.19. The van der Waals surface area contributed by atoms with Gasteiger partial charge in [0.05, 0.1) is 6.61 Å². The Morgan fingerprint density at radius 1 is 1.57 bits per heavy atom. The minimum atomic E-state index is 0.245. The third kappa shape index (κ3) is 6.39. The lowest BCUT2D eigenvalue weighted by Crippen LogP contribution is -2.16. The first-order chi connectivity index (χ1) is 3.06. The summed E-state index contributed by atoms with van der Waals surface area (Å²) in [5.41, 5.74) is 0. The Morgan fingerprint density at radius 2 is 2.00 bits per heavy atom. The SMILES string of the molecule is COCC(C)(C)P. The first-order valence-corrected chi connectivity index (χ1v) is 2.92. The van der Waals surface area contributed by atoms with E-state index >= 15 is 0 Å². The molecule has 0 aromatic heterocycles. The van der Waals surface area contributed by atoms with Crippen molar-refractivity contribution in [1.82, 2.24) is 0 Å². The van der Waals surface area contributed by atoms with Crippen molar-refractivity contribution in [3.05, 3.63) is 0 Å². The molecule has 0 saturated heterocycles. The van der Waals surface area contributed by atoms with E-state index in [1.54, 1.807) is 7.11 Å². The predicted molar refractivity (Wildman–Crippen MR) is 35.7 cm³/mol. The van der Waals surface area contributed by atoms with Crippen LogP contribution in [0.5, 0.6) is 0 Å². The summed E-state index contributed by atoms with van der Waals surface area (Å²) in [6, 6.07) is 0. The van der Waals surface area contributed by atoms with Crippen molar-refractivity contribution in [2.24, 2.45) is 0 Å². The summed E-state index contributed by atoms with van der Waals surface area (Å²) in [5.74, 6) is 0. The second kappa shape index (κ2) is 2.64. The molecule has 0 spiro atoms. The predicted octanol–water partition coefficient (Wildman–Crippen LogP) is 1.29. The van der Waals surface area contributed by atoms with Gasteiger partial charge in [0.15, 0.2) is 0 Å². The molecule has 0 aliphatic heterocycles. The fourth-order valence-electron chi connectivity index (χ4n) is 0.372. The number of hydrogen-bond donors (Lipinski definition) is 0. The van der Waals surface area contributed by atoms with Crippen molar-refractivity contribution in [3.8, 4) is 0 Å². The van der Waals surface area contributed by atoms with Crippen LogP contribution in [0.3, 0.4) is 0 Å². The normalized spacial score (nSPS) is 12.0. The molecule has 0 N–H and O–H groups in total. The molecule has 0 aliphatic rings. The molecule has 0 fully saturated rings. The van der Waals surface area contributed by atoms with Crippen LogP contribution in [-0.4, -0.2) is 18.9 Å². The van der Waals surface area contributed by atoms with Gasteiger partial charge in [-0.05, 0) is 0 Å². The van der Waals surface area contributed by atoms with E-state index in [9.17, 15) is 0 Å². The maximum Gasteiger partial charge on any atom is 0.0547 e. The topological polar surface area (TPSA) is 9.23 Å². The monoisotopic (exact) mass is 120 g/mol. The summed E-state index contributed by atoms with van der Waals surface area (Å²) in [7, 11) is 4.43. The van der Waals surface area contributed by atoms with Gasteiger partial charge in [0.2, 0.25) is 0 Å². The van der Waals surface area contributed by atoms with Gasteiger partial charge in [-0.3, -0.25) is 0 Å². The smallest absolute Gasteiger partial charge is 0.0547 e. The molecule has 2 heteroatoms. The number of methoxy groups -OCH3 is 1. The summed E-state index contributed by atoms with van der Waals surface area (Å²) < 4.78 is 4.89. The van der Waals surface area contributed by atoms with E-state index in [0.717, 1.165) is 6.61 Å². The van der Waals surface area contributed by atoms with Crippen molar-refractivity contribution in [2.75, 3.05) is 13.7 Å². The molecule has 1 nitrogen and oxygen atoms in total. The average molecular weight is 120 g/mol. The van der Waals surface area contributed by atoms with E-state index in [1.165, 1.54) is 0 Å². The van der Waals surface area contributed by atoms with Gasteiger partial charge < -0.3 is 4.74 Å². The highest BCUT2D eigenvalue weighted by Crippen LogP contribution is 2.14. The van der Waals surface area contributed by atoms with Crippen molar-refractivity contribution in [1.29, 1.82) is 0 Å². The molecule has 0 aromatic carbocycles. The quantitative estimate of drug-likeness (QED) is 0.499. The zero-order chi connectivity index (χ0) is 5.91.